The van der Waals surface area contributed by atoms with Gasteiger partial charge in [-0.1, -0.05) is 0 Å². The lowest BCUT2D eigenvalue weighted by atomic mass is 10.3. The van der Waals surface area contributed by atoms with Crippen molar-refractivity contribution in [3.05, 3.63) is 29.7 Å². The number of hydrogen-bond donors (Lipinski definition) is 1. The molecule has 1 aliphatic heterocycles. The zero-order valence-electron chi connectivity index (χ0n) is 6.90. The minimum absolute atomic E-state index is 0. The van der Waals surface area contributed by atoms with Crippen LogP contribution in [-0.4, -0.2) is 14.6 Å². The van der Waals surface area contributed by atoms with Crippen molar-refractivity contribution in [3.63, 3.8) is 0 Å². The molecule has 13 heavy (non-hydrogen) atoms. The van der Waals surface area contributed by atoms with Gasteiger partial charge < -0.3 is 5.32 Å². The molecular weight excluding hydrogens is 188 g/mol. The first kappa shape index (κ1) is 8.47. The van der Waals surface area contributed by atoms with Crippen molar-refractivity contribution in [2.75, 3.05) is 0 Å². The number of fused-ring (bicyclic) bond motifs is 3. The molecule has 0 fully saturated rings. The molecule has 68 valence electrons. The van der Waals surface area contributed by atoms with Crippen LogP contribution >= 0.6 is 12.4 Å². The molecule has 0 saturated heterocycles. The Morgan fingerprint density at radius 3 is 3.23 bits per heavy atom. The van der Waals surface area contributed by atoms with Crippen molar-refractivity contribution in [2.24, 2.45) is 0 Å². The van der Waals surface area contributed by atoms with Gasteiger partial charge in [0, 0.05) is 30.9 Å². The molecule has 0 aromatic carbocycles. The molecule has 0 unspecified atom stereocenters. The Kier molecular flexibility index (Phi) is 1.94. The van der Waals surface area contributed by atoms with Crippen LogP contribution in [0.15, 0.2) is 18.5 Å². The predicted octanol–water partition coefficient (Wildman–Crippen LogP) is 0.754. The van der Waals surface area contributed by atoms with Gasteiger partial charge in [0.15, 0.2) is 5.65 Å². The maximum atomic E-state index is 4.27. The lowest BCUT2D eigenvalue weighted by Crippen LogP contribution is -2.02. The molecule has 4 nitrogen and oxygen atoms in total. The third-order valence-electron chi connectivity index (χ3n) is 2.21. The van der Waals surface area contributed by atoms with Gasteiger partial charge >= 0.3 is 0 Å². The first-order valence-electron chi connectivity index (χ1n) is 3.96. The van der Waals surface area contributed by atoms with Gasteiger partial charge in [0.2, 0.25) is 0 Å². The molecule has 3 rings (SSSR count). The van der Waals surface area contributed by atoms with E-state index >= 15 is 0 Å². The quantitative estimate of drug-likeness (QED) is 0.677. The summed E-state index contributed by atoms with van der Waals surface area (Å²) in [7, 11) is 0. The van der Waals surface area contributed by atoms with E-state index < -0.39 is 0 Å². The van der Waals surface area contributed by atoms with Gasteiger partial charge in [-0.25, -0.2) is 9.50 Å². The molecule has 1 N–H and O–H groups in total. The smallest absolute Gasteiger partial charge is 0.155 e. The molecule has 0 saturated carbocycles. The van der Waals surface area contributed by atoms with Gasteiger partial charge in [0.1, 0.15) is 0 Å². The van der Waals surface area contributed by atoms with E-state index in [-0.39, 0.29) is 12.4 Å². The molecule has 0 aliphatic carbocycles. The lowest BCUT2D eigenvalue weighted by Gasteiger charge is -1.99. The van der Waals surface area contributed by atoms with Crippen LogP contribution in [0, 0.1) is 0 Å². The van der Waals surface area contributed by atoms with Gasteiger partial charge in [-0.2, -0.15) is 5.10 Å². The highest BCUT2D eigenvalue weighted by atomic mass is 35.5. The van der Waals surface area contributed by atoms with Crippen molar-refractivity contribution in [2.45, 2.75) is 13.1 Å². The van der Waals surface area contributed by atoms with Gasteiger partial charge in [-0.05, 0) is 0 Å². The Labute approximate surface area is 81.4 Å². The van der Waals surface area contributed by atoms with Gasteiger partial charge in [-0.3, -0.25) is 0 Å². The predicted molar refractivity (Wildman–Crippen MR) is 50.8 cm³/mol. The van der Waals surface area contributed by atoms with Crippen molar-refractivity contribution >= 4 is 18.1 Å². The maximum Gasteiger partial charge on any atom is 0.155 e. The van der Waals surface area contributed by atoms with E-state index in [1.807, 2.05) is 16.8 Å². The standard InChI is InChI=1S/C8H8N4.ClH/c1-2-11-12-7-5-9-3-6(7)4-10-8(1)12;/h1-2,4,9H,3,5H2;1H. The van der Waals surface area contributed by atoms with Gasteiger partial charge in [0.25, 0.3) is 0 Å². The lowest BCUT2D eigenvalue weighted by molar-refractivity contribution is 0.741. The van der Waals surface area contributed by atoms with E-state index in [9.17, 15) is 0 Å². The van der Waals surface area contributed by atoms with Crippen molar-refractivity contribution < 1.29 is 0 Å². The average Bonchev–Trinajstić information content (AvgIpc) is 2.71. The minimum atomic E-state index is 0. The second-order valence-corrected chi connectivity index (χ2v) is 2.93. The molecule has 0 amide bonds. The second kappa shape index (κ2) is 2.97. The fourth-order valence-corrected chi connectivity index (χ4v) is 1.61. The summed E-state index contributed by atoms with van der Waals surface area (Å²) in [6.45, 7) is 1.81. The van der Waals surface area contributed by atoms with Gasteiger partial charge in [-0.15, -0.1) is 12.4 Å². The zero-order valence-corrected chi connectivity index (χ0v) is 7.71. The normalized spacial score (nSPS) is 14.2. The average molecular weight is 197 g/mol. The summed E-state index contributed by atoms with van der Waals surface area (Å²) in [5.41, 5.74) is 3.42. The Balaban J connectivity index is 0.000000653. The molecule has 2 aromatic rings. The topological polar surface area (TPSA) is 42.2 Å². The third kappa shape index (κ3) is 1.10. The monoisotopic (exact) mass is 196 g/mol. The molecular formula is C8H9ClN4. The SMILES string of the molecule is Cl.c1cc2ncc3c(n2n1)CNC3. The summed E-state index contributed by atoms with van der Waals surface area (Å²) in [6, 6.07) is 1.92. The largest absolute Gasteiger partial charge is 0.307 e. The number of aromatic nitrogens is 3. The number of rotatable bonds is 0. The Bertz CT molecular complexity index is 437. The molecule has 0 spiro atoms. The molecule has 1 aliphatic rings. The molecule has 0 bridgehead atoms. The fourth-order valence-electron chi connectivity index (χ4n) is 1.61. The van der Waals surface area contributed by atoms with Crippen molar-refractivity contribution in [1.82, 2.24) is 19.9 Å². The zero-order chi connectivity index (χ0) is 7.97. The van der Waals surface area contributed by atoms with Crippen LogP contribution in [0.1, 0.15) is 11.3 Å². The van der Waals surface area contributed by atoms with E-state index in [1.54, 1.807) is 6.20 Å². The number of halogens is 1. The highest BCUT2D eigenvalue weighted by Gasteiger charge is 2.13. The van der Waals surface area contributed by atoms with Gasteiger partial charge in [0.05, 0.1) is 11.9 Å². The van der Waals surface area contributed by atoms with Crippen LogP contribution in [0.3, 0.4) is 0 Å². The van der Waals surface area contributed by atoms with Crippen LogP contribution in [-0.2, 0) is 13.1 Å². The summed E-state index contributed by atoms with van der Waals surface area (Å²) in [6.07, 6.45) is 3.70. The summed E-state index contributed by atoms with van der Waals surface area (Å²) in [5, 5.41) is 7.47. The second-order valence-electron chi connectivity index (χ2n) is 2.93. The molecule has 3 heterocycles. The Hall–Kier alpha value is -1.13. The van der Waals surface area contributed by atoms with Crippen LogP contribution in [0.4, 0.5) is 0 Å². The van der Waals surface area contributed by atoms with E-state index in [4.69, 9.17) is 0 Å². The summed E-state index contributed by atoms with van der Waals surface area (Å²) >= 11 is 0. The minimum Gasteiger partial charge on any atom is -0.307 e. The van der Waals surface area contributed by atoms with Crippen molar-refractivity contribution in [3.8, 4) is 0 Å². The number of nitrogens with zero attached hydrogens (tertiary/aromatic N) is 3. The fraction of sp³-hybridized carbons (Fsp3) is 0.250. The maximum absolute atomic E-state index is 4.27. The molecule has 0 radical (unpaired) electrons. The van der Waals surface area contributed by atoms with E-state index in [2.05, 4.69) is 15.4 Å². The summed E-state index contributed by atoms with van der Waals surface area (Å²) in [4.78, 5) is 4.27. The molecule has 2 aromatic heterocycles. The highest BCUT2D eigenvalue weighted by Crippen LogP contribution is 2.14. The van der Waals surface area contributed by atoms with Crippen LogP contribution in [0.2, 0.25) is 0 Å². The van der Waals surface area contributed by atoms with E-state index in [0.717, 1.165) is 18.7 Å². The van der Waals surface area contributed by atoms with Crippen LogP contribution in [0.5, 0.6) is 0 Å². The first-order chi connectivity index (χ1) is 5.95. The molecule has 5 heteroatoms. The highest BCUT2D eigenvalue weighted by molar-refractivity contribution is 5.85. The number of hydrogen-bond acceptors (Lipinski definition) is 3. The number of nitrogens with one attached hydrogen (secondary N) is 1. The Morgan fingerprint density at radius 1 is 1.38 bits per heavy atom. The van der Waals surface area contributed by atoms with E-state index in [1.165, 1.54) is 11.3 Å². The Morgan fingerprint density at radius 2 is 2.31 bits per heavy atom. The van der Waals surface area contributed by atoms with Crippen LogP contribution in [0.25, 0.3) is 5.65 Å². The van der Waals surface area contributed by atoms with Crippen LogP contribution < -0.4 is 5.32 Å². The van der Waals surface area contributed by atoms with Crippen molar-refractivity contribution in [1.29, 1.82) is 0 Å². The summed E-state index contributed by atoms with van der Waals surface area (Å²) < 4.78 is 1.90. The molecule has 0 atom stereocenters. The summed E-state index contributed by atoms with van der Waals surface area (Å²) in [5.74, 6) is 0. The third-order valence-corrected chi connectivity index (χ3v) is 2.21. The first-order valence-corrected chi connectivity index (χ1v) is 3.96. The van der Waals surface area contributed by atoms with E-state index in [0.29, 0.717) is 0 Å².